The molecule has 5 nitrogen and oxygen atoms in total. The molecule has 118 valence electrons. The molecule has 0 amide bonds. The topological polar surface area (TPSA) is 64.8 Å². The predicted molar refractivity (Wildman–Crippen MR) is 79.5 cm³/mol. The van der Waals surface area contributed by atoms with Crippen molar-refractivity contribution in [1.82, 2.24) is 4.90 Å². The van der Waals surface area contributed by atoms with Crippen LogP contribution in [-0.2, 0) is 14.3 Å². The summed E-state index contributed by atoms with van der Waals surface area (Å²) >= 11 is 0. The SMILES string of the molecule is CCOC(=O)C(C)(N)CCCCN1CC(C)OCC1C. The zero-order valence-electron chi connectivity index (χ0n) is 13.4. The summed E-state index contributed by atoms with van der Waals surface area (Å²) in [5, 5.41) is 0. The van der Waals surface area contributed by atoms with Crippen molar-refractivity contribution in [3.63, 3.8) is 0 Å². The van der Waals surface area contributed by atoms with E-state index in [1.54, 1.807) is 13.8 Å². The largest absolute Gasteiger partial charge is 0.465 e. The van der Waals surface area contributed by atoms with Crippen LogP contribution in [0.2, 0.25) is 0 Å². The van der Waals surface area contributed by atoms with E-state index in [4.69, 9.17) is 15.2 Å². The Kier molecular flexibility index (Phi) is 6.92. The minimum atomic E-state index is -0.861. The van der Waals surface area contributed by atoms with Crippen molar-refractivity contribution in [2.75, 3.05) is 26.3 Å². The molecule has 5 heteroatoms. The Balaban J connectivity index is 2.25. The highest BCUT2D eigenvalue weighted by molar-refractivity contribution is 5.79. The number of carbonyl (C=O) groups excluding carboxylic acids is 1. The summed E-state index contributed by atoms with van der Waals surface area (Å²) < 4.78 is 10.6. The van der Waals surface area contributed by atoms with Crippen LogP contribution in [0.25, 0.3) is 0 Å². The van der Waals surface area contributed by atoms with E-state index in [-0.39, 0.29) is 5.97 Å². The van der Waals surface area contributed by atoms with Gasteiger partial charge in [-0.3, -0.25) is 9.69 Å². The van der Waals surface area contributed by atoms with E-state index in [1.165, 1.54) is 0 Å². The number of hydrogen-bond donors (Lipinski definition) is 1. The van der Waals surface area contributed by atoms with Gasteiger partial charge in [-0.25, -0.2) is 0 Å². The molecule has 0 aromatic heterocycles. The average Bonchev–Trinajstić information content (AvgIpc) is 2.39. The maximum absolute atomic E-state index is 11.7. The van der Waals surface area contributed by atoms with E-state index >= 15 is 0 Å². The van der Waals surface area contributed by atoms with Gasteiger partial charge in [0.1, 0.15) is 5.54 Å². The standard InChI is InChI=1S/C15H30N2O3/c1-5-19-14(18)15(4,16)8-6-7-9-17-10-13(3)20-11-12(17)2/h12-13H,5-11,16H2,1-4H3. The Morgan fingerprint density at radius 2 is 2.15 bits per heavy atom. The molecule has 1 aliphatic rings. The third-order valence-electron chi connectivity index (χ3n) is 3.87. The summed E-state index contributed by atoms with van der Waals surface area (Å²) in [7, 11) is 0. The van der Waals surface area contributed by atoms with Crippen LogP contribution in [0.15, 0.2) is 0 Å². The van der Waals surface area contributed by atoms with Crippen molar-refractivity contribution >= 4 is 5.97 Å². The second kappa shape index (κ2) is 7.96. The van der Waals surface area contributed by atoms with Crippen LogP contribution in [0.1, 0.15) is 47.0 Å². The molecule has 0 spiro atoms. The Morgan fingerprint density at radius 1 is 1.45 bits per heavy atom. The fourth-order valence-corrected chi connectivity index (χ4v) is 2.49. The highest BCUT2D eigenvalue weighted by Crippen LogP contribution is 2.16. The lowest BCUT2D eigenvalue weighted by Gasteiger charge is -2.36. The monoisotopic (exact) mass is 286 g/mol. The number of unbranched alkanes of at least 4 members (excludes halogenated alkanes) is 1. The predicted octanol–water partition coefficient (Wildman–Crippen LogP) is 1.55. The van der Waals surface area contributed by atoms with E-state index in [0.717, 1.165) is 32.5 Å². The lowest BCUT2D eigenvalue weighted by Crippen LogP contribution is -2.48. The molecular formula is C15H30N2O3. The van der Waals surface area contributed by atoms with Crippen LogP contribution in [0, 0.1) is 0 Å². The Bertz CT molecular complexity index is 307. The molecule has 3 unspecified atom stereocenters. The maximum Gasteiger partial charge on any atom is 0.325 e. The Labute approximate surface area is 122 Å². The quantitative estimate of drug-likeness (QED) is 0.568. The van der Waals surface area contributed by atoms with Crippen LogP contribution in [0.5, 0.6) is 0 Å². The third-order valence-corrected chi connectivity index (χ3v) is 3.87. The van der Waals surface area contributed by atoms with Crippen molar-refractivity contribution in [2.24, 2.45) is 5.73 Å². The van der Waals surface area contributed by atoms with Crippen LogP contribution in [-0.4, -0.2) is 54.9 Å². The fourth-order valence-electron chi connectivity index (χ4n) is 2.49. The molecule has 1 saturated heterocycles. The lowest BCUT2D eigenvalue weighted by molar-refractivity contribution is -0.149. The zero-order valence-corrected chi connectivity index (χ0v) is 13.4. The lowest BCUT2D eigenvalue weighted by atomic mass is 9.96. The zero-order chi connectivity index (χ0) is 15.2. The first-order chi connectivity index (χ1) is 9.36. The second-order valence-corrected chi connectivity index (χ2v) is 6.08. The fraction of sp³-hybridized carbons (Fsp3) is 0.933. The molecule has 2 N–H and O–H groups in total. The molecule has 1 heterocycles. The maximum atomic E-state index is 11.7. The molecule has 0 saturated carbocycles. The number of nitrogens with two attached hydrogens (primary N) is 1. The van der Waals surface area contributed by atoms with Crippen LogP contribution in [0.4, 0.5) is 0 Å². The molecule has 1 aliphatic heterocycles. The minimum Gasteiger partial charge on any atom is -0.465 e. The molecule has 1 fully saturated rings. The Morgan fingerprint density at radius 3 is 2.80 bits per heavy atom. The van der Waals surface area contributed by atoms with Gasteiger partial charge in [0, 0.05) is 12.6 Å². The highest BCUT2D eigenvalue weighted by Gasteiger charge is 2.29. The van der Waals surface area contributed by atoms with E-state index in [2.05, 4.69) is 18.7 Å². The van der Waals surface area contributed by atoms with Crippen LogP contribution >= 0.6 is 0 Å². The van der Waals surface area contributed by atoms with E-state index in [9.17, 15) is 4.79 Å². The van der Waals surface area contributed by atoms with Gasteiger partial charge >= 0.3 is 5.97 Å². The molecule has 1 rings (SSSR count). The summed E-state index contributed by atoms with van der Waals surface area (Å²) in [6.07, 6.45) is 2.96. The number of ether oxygens (including phenoxy) is 2. The highest BCUT2D eigenvalue weighted by atomic mass is 16.5. The normalized spacial score (nSPS) is 27.1. The van der Waals surface area contributed by atoms with E-state index < -0.39 is 5.54 Å². The summed E-state index contributed by atoms with van der Waals surface area (Å²) in [5.74, 6) is -0.298. The van der Waals surface area contributed by atoms with Gasteiger partial charge in [0.2, 0.25) is 0 Å². The number of carbonyl (C=O) groups is 1. The van der Waals surface area contributed by atoms with Crippen molar-refractivity contribution in [3.8, 4) is 0 Å². The van der Waals surface area contributed by atoms with Gasteiger partial charge in [-0.05, 0) is 53.5 Å². The average molecular weight is 286 g/mol. The van der Waals surface area contributed by atoms with Crippen molar-refractivity contribution in [1.29, 1.82) is 0 Å². The second-order valence-electron chi connectivity index (χ2n) is 6.08. The van der Waals surface area contributed by atoms with Gasteiger partial charge in [0.15, 0.2) is 0 Å². The number of esters is 1. The van der Waals surface area contributed by atoms with Crippen molar-refractivity contribution < 1.29 is 14.3 Å². The number of hydrogen-bond acceptors (Lipinski definition) is 5. The molecule has 0 aliphatic carbocycles. The molecule has 20 heavy (non-hydrogen) atoms. The van der Waals surface area contributed by atoms with Gasteiger partial charge in [-0.1, -0.05) is 0 Å². The third kappa shape index (κ3) is 5.38. The number of morpholine rings is 1. The molecule has 0 radical (unpaired) electrons. The van der Waals surface area contributed by atoms with Crippen molar-refractivity contribution in [3.05, 3.63) is 0 Å². The summed E-state index contributed by atoms with van der Waals surface area (Å²) in [6, 6.07) is 0.473. The number of rotatable bonds is 7. The summed E-state index contributed by atoms with van der Waals surface area (Å²) in [4.78, 5) is 14.1. The molecule has 0 bridgehead atoms. The summed E-state index contributed by atoms with van der Waals surface area (Å²) in [5.41, 5.74) is 5.15. The van der Waals surface area contributed by atoms with Gasteiger partial charge in [-0.2, -0.15) is 0 Å². The van der Waals surface area contributed by atoms with Gasteiger partial charge in [0.05, 0.1) is 19.3 Å². The van der Waals surface area contributed by atoms with E-state index in [1.807, 2.05) is 0 Å². The summed E-state index contributed by atoms with van der Waals surface area (Å²) in [6.45, 7) is 11.1. The van der Waals surface area contributed by atoms with Crippen LogP contribution in [0.3, 0.4) is 0 Å². The van der Waals surface area contributed by atoms with Crippen LogP contribution < -0.4 is 5.73 Å². The Hall–Kier alpha value is -0.650. The van der Waals surface area contributed by atoms with E-state index in [0.29, 0.717) is 25.2 Å². The number of nitrogens with zero attached hydrogens (tertiary/aromatic N) is 1. The molecule has 0 aromatic carbocycles. The van der Waals surface area contributed by atoms with Gasteiger partial charge in [-0.15, -0.1) is 0 Å². The first-order valence-electron chi connectivity index (χ1n) is 7.68. The molecule has 3 atom stereocenters. The van der Waals surface area contributed by atoms with Gasteiger partial charge < -0.3 is 15.2 Å². The molecular weight excluding hydrogens is 256 g/mol. The first-order valence-corrected chi connectivity index (χ1v) is 7.68. The van der Waals surface area contributed by atoms with Crippen molar-refractivity contribution in [2.45, 2.75) is 64.6 Å². The van der Waals surface area contributed by atoms with Gasteiger partial charge in [0.25, 0.3) is 0 Å². The first kappa shape index (κ1) is 17.4. The minimum absolute atomic E-state index is 0.298. The molecule has 0 aromatic rings. The smallest absolute Gasteiger partial charge is 0.325 e.